The Morgan fingerprint density at radius 1 is 1.31 bits per heavy atom. The Morgan fingerprint density at radius 2 is 2.00 bits per heavy atom. The minimum Gasteiger partial charge on any atom is -1.00 e. The van der Waals surface area contributed by atoms with Gasteiger partial charge in [-0.1, -0.05) is 42.8 Å². The molecule has 3 rings (SSSR count). The van der Waals surface area contributed by atoms with Crippen LogP contribution in [-0.4, -0.2) is 24.0 Å². The van der Waals surface area contributed by atoms with Gasteiger partial charge in [0.25, 0.3) is 5.91 Å². The van der Waals surface area contributed by atoms with Gasteiger partial charge in [0.15, 0.2) is 5.54 Å². The molecule has 1 saturated heterocycles. The van der Waals surface area contributed by atoms with Gasteiger partial charge >= 0.3 is 0 Å². The van der Waals surface area contributed by atoms with Gasteiger partial charge in [-0.15, -0.1) is 0 Å². The fraction of sp³-hybridized carbons (Fsp3) is 0.391. The molecule has 3 N–H and O–H groups in total. The molecule has 1 aliphatic rings. The number of carbonyl (C=O) groups excluding carboxylic acids is 1. The van der Waals surface area contributed by atoms with Crippen molar-refractivity contribution in [2.24, 2.45) is 0 Å². The Morgan fingerprint density at radius 3 is 2.55 bits per heavy atom. The highest BCUT2D eigenvalue weighted by atomic mass is 35.5. The number of amides is 1. The lowest BCUT2D eigenvalue weighted by Gasteiger charge is -2.38. The molecule has 1 heterocycles. The van der Waals surface area contributed by atoms with Crippen molar-refractivity contribution in [1.82, 2.24) is 5.32 Å². The highest BCUT2D eigenvalue weighted by molar-refractivity contribution is 6.30. The van der Waals surface area contributed by atoms with Crippen LogP contribution in [0.2, 0.25) is 5.02 Å². The molecular formula is C23H27Cl2N3O. The molecule has 0 saturated carbocycles. The van der Waals surface area contributed by atoms with Crippen molar-refractivity contribution in [3.63, 3.8) is 0 Å². The third-order valence-corrected chi connectivity index (χ3v) is 6.24. The van der Waals surface area contributed by atoms with E-state index in [1.54, 1.807) is 0 Å². The molecule has 2 aromatic carbocycles. The number of benzene rings is 2. The van der Waals surface area contributed by atoms with Crippen molar-refractivity contribution in [3.05, 3.63) is 70.2 Å². The number of halogens is 2. The molecule has 1 fully saturated rings. The maximum Gasteiger partial charge on any atom is 0.281 e. The number of nitrogens with zero attached hydrogens (tertiary/aromatic N) is 1. The fourth-order valence-corrected chi connectivity index (χ4v) is 4.05. The summed E-state index contributed by atoms with van der Waals surface area (Å²) in [4.78, 5) is 12.9. The predicted molar refractivity (Wildman–Crippen MR) is 111 cm³/mol. The quantitative estimate of drug-likeness (QED) is 0.655. The predicted octanol–water partition coefficient (Wildman–Crippen LogP) is 0.163. The van der Waals surface area contributed by atoms with Crippen LogP contribution in [0.5, 0.6) is 0 Å². The minimum atomic E-state index is -0.312. The number of nitrogens with one attached hydrogen (secondary N) is 1. The summed E-state index contributed by atoms with van der Waals surface area (Å²) in [5.41, 5.74) is 2.53. The lowest BCUT2D eigenvalue weighted by molar-refractivity contribution is -0.768. The Hall–Kier alpha value is -2.06. The van der Waals surface area contributed by atoms with Crippen molar-refractivity contribution in [2.45, 2.75) is 50.6 Å². The van der Waals surface area contributed by atoms with Gasteiger partial charge in [-0.25, -0.2) is 0 Å². The third-order valence-electron chi connectivity index (χ3n) is 5.98. The van der Waals surface area contributed by atoms with Gasteiger partial charge < -0.3 is 23.0 Å². The molecule has 0 spiro atoms. The number of carbonyl (C=O) groups is 1. The number of rotatable bonds is 7. The first-order chi connectivity index (χ1) is 13.5. The zero-order valence-corrected chi connectivity index (χ0v) is 18.3. The number of quaternary nitrogens is 1. The first-order valence-corrected chi connectivity index (χ1v) is 10.2. The van der Waals surface area contributed by atoms with E-state index in [1.165, 1.54) is 0 Å². The van der Waals surface area contributed by atoms with Gasteiger partial charge in [0, 0.05) is 23.4 Å². The molecule has 0 bridgehead atoms. The van der Waals surface area contributed by atoms with Crippen LogP contribution in [0, 0.1) is 11.3 Å². The number of hydrogen-bond acceptors (Lipinski definition) is 2. The smallest absolute Gasteiger partial charge is 0.281 e. The summed E-state index contributed by atoms with van der Waals surface area (Å²) in [5.74, 6) is 0.179. The van der Waals surface area contributed by atoms with Gasteiger partial charge in [-0.2, -0.15) is 5.26 Å². The normalized spacial score (nSPS) is 19.8. The molecule has 154 valence electrons. The molecule has 4 nitrogen and oxygen atoms in total. The van der Waals surface area contributed by atoms with Gasteiger partial charge in [-0.05, 0) is 48.7 Å². The van der Waals surface area contributed by atoms with E-state index in [1.807, 2.05) is 48.5 Å². The van der Waals surface area contributed by atoms with Crippen molar-refractivity contribution in [3.8, 4) is 6.07 Å². The monoisotopic (exact) mass is 431 g/mol. The Kier molecular flexibility index (Phi) is 8.10. The zero-order valence-electron chi connectivity index (χ0n) is 16.8. The second kappa shape index (κ2) is 10.1. The fourth-order valence-electron chi connectivity index (χ4n) is 3.93. The van der Waals surface area contributed by atoms with Crippen LogP contribution >= 0.6 is 11.6 Å². The van der Waals surface area contributed by atoms with Crippen LogP contribution in [0.15, 0.2) is 48.5 Å². The van der Waals surface area contributed by atoms with Crippen LogP contribution in [0.4, 0.5) is 0 Å². The van der Waals surface area contributed by atoms with E-state index in [0.717, 1.165) is 36.9 Å². The first-order valence-electron chi connectivity index (χ1n) is 9.87. The summed E-state index contributed by atoms with van der Waals surface area (Å²) in [7, 11) is 0. The highest BCUT2D eigenvalue weighted by Gasteiger charge is 2.47. The number of hydrogen-bond donors (Lipinski definition) is 2. The second-order valence-electron chi connectivity index (χ2n) is 7.69. The Bertz CT molecular complexity index is 867. The third kappa shape index (κ3) is 5.30. The summed E-state index contributed by atoms with van der Waals surface area (Å²) >= 11 is 6.03. The average molecular weight is 432 g/mol. The molecular weight excluding hydrogens is 405 g/mol. The van der Waals surface area contributed by atoms with Crippen molar-refractivity contribution in [2.75, 3.05) is 6.54 Å². The molecule has 1 unspecified atom stereocenters. The van der Waals surface area contributed by atoms with Gasteiger partial charge in [0.05, 0.1) is 24.6 Å². The second-order valence-corrected chi connectivity index (χ2v) is 8.13. The average Bonchev–Trinajstić information content (AvgIpc) is 2.67. The molecule has 0 aromatic heterocycles. The lowest BCUT2D eigenvalue weighted by atomic mass is 9.82. The summed E-state index contributed by atoms with van der Waals surface area (Å²) < 4.78 is 0. The largest absolute Gasteiger partial charge is 1.00 e. The van der Waals surface area contributed by atoms with Crippen LogP contribution in [0.3, 0.4) is 0 Å². The highest BCUT2D eigenvalue weighted by Crippen LogP contribution is 2.27. The summed E-state index contributed by atoms with van der Waals surface area (Å²) in [6.45, 7) is 5.13. The van der Waals surface area contributed by atoms with E-state index in [9.17, 15) is 10.1 Å². The summed E-state index contributed by atoms with van der Waals surface area (Å²) in [6, 6.07) is 17.6. The molecule has 29 heavy (non-hydrogen) atoms. The molecule has 3 atom stereocenters. The van der Waals surface area contributed by atoms with E-state index in [-0.39, 0.29) is 35.8 Å². The molecule has 0 radical (unpaired) electrons. The van der Waals surface area contributed by atoms with Crippen molar-refractivity contribution >= 4 is 17.5 Å². The number of nitrogens with two attached hydrogens (primary N) is 1. The Labute approximate surface area is 184 Å². The van der Waals surface area contributed by atoms with E-state index in [4.69, 9.17) is 11.6 Å². The van der Waals surface area contributed by atoms with Crippen LogP contribution in [0.1, 0.15) is 49.3 Å². The summed E-state index contributed by atoms with van der Waals surface area (Å²) in [6.07, 6.45) is 2.52. The SMILES string of the molecule is CCC1(C(=O)N[C@@H](C)[C@@H](Cc2ccc(Cl)cc2)c2cccc(C#N)c2)CC[NH2+]1.[Cl-]. The van der Waals surface area contributed by atoms with Crippen molar-refractivity contribution < 1.29 is 22.5 Å². The number of nitriles is 1. The van der Waals surface area contributed by atoms with E-state index >= 15 is 0 Å². The molecule has 1 amide bonds. The molecule has 6 heteroatoms. The first kappa shape index (κ1) is 23.2. The molecule has 2 aromatic rings. The van der Waals surface area contributed by atoms with Crippen LogP contribution in [0.25, 0.3) is 0 Å². The van der Waals surface area contributed by atoms with E-state index < -0.39 is 0 Å². The van der Waals surface area contributed by atoms with Gasteiger partial charge in [0.1, 0.15) is 0 Å². The topological polar surface area (TPSA) is 69.5 Å². The maximum atomic E-state index is 12.9. The van der Waals surface area contributed by atoms with E-state index in [2.05, 4.69) is 30.6 Å². The van der Waals surface area contributed by atoms with Crippen LogP contribution in [-0.2, 0) is 11.2 Å². The van der Waals surface area contributed by atoms with Crippen molar-refractivity contribution in [1.29, 1.82) is 5.26 Å². The van der Waals surface area contributed by atoms with E-state index in [0.29, 0.717) is 10.6 Å². The van der Waals surface area contributed by atoms with Crippen LogP contribution < -0.4 is 23.0 Å². The zero-order chi connectivity index (χ0) is 20.1. The summed E-state index contributed by atoms with van der Waals surface area (Å²) in [5, 5.41) is 15.4. The van der Waals surface area contributed by atoms with Gasteiger partial charge in [0.2, 0.25) is 0 Å². The standard InChI is InChI=1S/C23H26ClN3O.ClH/c1-3-23(11-12-26-23)22(28)27-16(2)21(14-17-7-9-20(24)10-8-17)19-6-4-5-18(13-19)15-25;/h4-10,13,16,21,26H,3,11-12,14H2,1-2H3,(H,27,28);1H/t16-,21+,23?;/m0./s1. The lowest BCUT2D eigenvalue weighted by Crippen LogP contribution is -3.08. The molecule has 0 aliphatic carbocycles. The molecule has 1 aliphatic heterocycles. The van der Waals surface area contributed by atoms with Gasteiger partial charge in [-0.3, -0.25) is 4.79 Å². The minimum absolute atomic E-state index is 0. The Balaban J connectivity index is 0.00000300. The maximum absolute atomic E-state index is 12.9.